The predicted molar refractivity (Wildman–Crippen MR) is 149 cm³/mol. The van der Waals surface area contributed by atoms with Crippen molar-refractivity contribution in [2.75, 3.05) is 12.4 Å². The third kappa shape index (κ3) is 5.47. The van der Waals surface area contributed by atoms with Crippen molar-refractivity contribution in [3.05, 3.63) is 107 Å². The van der Waals surface area contributed by atoms with Crippen LogP contribution in [0.15, 0.2) is 83.5 Å². The fraction of sp³-hybridized carbons (Fsp3) is 0.188. The molecule has 0 fully saturated rings. The maximum Gasteiger partial charge on any atom is 0.379 e. The third-order valence-electron chi connectivity index (χ3n) is 6.55. The summed E-state index contributed by atoms with van der Waals surface area (Å²) >= 11 is 0. The van der Waals surface area contributed by atoms with Crippen molar-refractivity contribution in [2.45, 2.75) is 32.9 Å². The van der Waals surface area contributed by atoms with E-state index in [1.54, 1.807) is 24.3 Å². The maximum atomic E-state index is 13.7. The Hall–Kier alpha value is -4.85. The first-order valence-corrected chi connectivity index (χ1v) is 12.7. The summed E-state index contributed by atoms with van der Waals surface area (Å²) in [6.07, 6.45) is 3.51. The molecular weight excluding hydrogens is 513 g/mol. The lowest BCUT2D eigenvalue weighted by Crippen LogP contribution is -2.32. The van der Waals surface area contributed by atoms with E-state index < -0.39 is 17.8 Å². The number of allylic oxidation sites excluding steroid dienone is 1. The van der Waals surface area contributed by atoms with Crippen LogP contribution in [-0.4, -0.2) is 24.6 Å². The van der Waals surface area contributed by atoms with E-state index in [4.69, 9.17) is 18.6 Å². The molecule has 2 heterocycles. The zero-order valence-corrected chi connectivity index (χ0v) is 22.5. The molecule has 0 saturated carbocycles. The molecule has 204 valence electrons. The Morgan fingerprint density at radius 2 is 1.77 bits per heavy atom. The highest BCUT2D eigenvalue weighted by molar-refractivity contribution is 5.91. The van der Waals surface area contributed by atoms with E-state index >= 15 is 0 Å². The minimum Gasteiger partial charge on any atom is -0.496 e. The summed E-state index contributed by atoms with van der Waals surface area (Å²) in [5.41, 5.74) is 4.88. The normalized spacial score (nSPS) is 13.5. The Morgan fingerprint density at radius 3 is 2.50 bits per heavy atom. The number of anilines is 1. The summed E-state index contributed by atoms with van der Waals surface area (Å²) in [4.78, 5) is 25.2. The Balaban J connectivity index is 1.54. The molecule has 5 rings (SSSR count). The second-order valence-electron chi connectivity index (χ2n) is 10.0. The molecule has 0 spiro atoms. The highest BCUT2D eigenvalue weighted by Crippen LogP contribution is 2.43. The molecule has 0 amide bonds. The molecule has 0 aliphatic carbocycles. The van der Waals surface area contributed by atoms with Crippen LogP contribution in [0.1, 0.15) is 52.8 Å². The van der Waals surface area contributed by atoms with Crippen LogP contribution >= 0.6 is 0 Å². The first-order chi connectivity index (χ1) is 19.1. The molecule has 7 nitrogen and oxygen atoms in total. The van der Waals surface area contributed by atoms with Gasteiger partial charge in [0.2, 0.25) is 5.76 Å². The summed E-state index contributed by atoms with van der Waals surface area (Å²) in [7, 11) is 1.52. The van der Waals surface area contributed by atoms with Gasteiger partial charge in [0.15, 0.2) is 0 Å². The molecule has 8 heteroatoms. The summed E-state index contributed by atoms with van der Waals surface area (Å²) < 4.78 is 35.7. The van der Waals surface area contributed by atoms with Gasteiger partial charge < -0.3 is 23.9 Å². The van der Waals surface area contributed by atoms with Gasteiger partial charge in [0.1, 0.15) is 23.9 Å². The molecule has 0 radical (unpaired) electrons. The van der Waals surface area contributed by atoms with Crippen molar-refractivity contribution in [3.8, 4) is 22.6 Å². The Bertz CT molecular complexity index is 1620. The van der Waals surface area contributed by atoms with Gasteiger partial charge in [-0.05, 0) is 80.4 Å². The maximum absolute atomic E-state index is 13.7. The van der Waals surface area contributed by atoms with Gasteiger partial charge >= 0.3 is 11.9 Å². The number of nitrogens with one attached hydrogen (secondary N) is 1. The largest absolute Gasteiger partial charge is 0.496 e. The second kappa shape index (κ2) is 10.7. The molecule has 0 unspecified atom stereocenters. The number of carbonyl (C=O) groups is 2. The minimum absolute atomic E-state index is 0.0699. The smallest absolute Gasteiger partial charge is 0.379 e. The first kappa shape index (κ1) is 26.7. The van der Waals surface area contributed by atoms with Gasteiger partial charge in [-0.2, -0.15) is 0 Å². The first-order valence-electron chi connectivity index (χ1n) is 12.7. The van der Waals surface area contributed by atoms with Gasteiger partial charge in [0.05, 0.1) is 24.5 Å². The topological polar surface area (TPSA) is 87.0 Å². The van der Waals surface area contributed by atoms with Gasteiger partial charge in [-0.15, -0.1) is 0 Å². The number of halogens is 1. The third-order valence-corrected chi connectivity index (χ3v) is 6.55. The van der Waals surface area contributed by atoms with Gasteiger partial charge in [-0.3, -0.25) is 0 Å². The number of methoxy groups -OCH3 is 1. The zero-order chi connectivity index (χ0) is 28.4. The highest BCUT2D eigenvalue weighted by Gasteiger charge is 2.27. The van der Waals surface area contributed by atoms with Crippen LogP contribution in [0.4, 0.5) is 10.1 Å². The summed E-state index contributed by atoms with van der Waals surface area (Å²) in [6.45, 7) is 6.09. The van der Waals surface area contributed by atoms with E-state index in [1.807, 2.05) is 19.1 Å². The van der Waals surface area contributed by atoms with Crippen molar-refractivity contribution in [1.82, 2.24) is 0 Å². The fourth-order valence-corrected chi connectivity index (χ4v) is 4.95. The standard InChI is InChI=1S/C32H28FNO6/c1-19-17-32(2,3)34-26-13-12-23(25(29(19)26)18-39-30(35)20-7-5-8-21(33)15-20)24-11-10-22(16-28(24)37-4)40-31(36)27-9-6-14-38-27/h5-17,34H,18H2,1-4H3. The second-order valence-corrected chi connectivity index (χ2v) is 10.0. The van der Waals surface area contributed by atoms with E-state index in [0.29, 0.717) is 11.3 Å². The van der Waals surface area contributed by atoms with E-state index in [2.05, 4.69) is 25.2 Å². The number of hydrogen-bond acceptors (Lipinski definition) is 7. The van der Waals surface area contributed by atoms with Gasteiger partial charge in [-0.25, -0.2) is 14.0 Å². The van der Waals surface area contributed by atoms with Crippen LogP contribution in [0.2, 0.25) is 0 Å². The lowest BCUT2D eigenvalue weighted by molar-refractivity contribution is 0.0472. The molecule has 3 aromatic carbocycles. The molecule has 40 heavy (non-hydrogen) atoms. The highest BCUT2D eigenvalue weighted by atomic mass is 19.1. The minimum atomic E-state index is -0.638. The molecular formula is C32H28FNO6. The van der Waals surface area contributed by atoms with Crippen molar-refractivity contribution >= 4 is 23.2 Å². The monoisotopic (exact) mass is 541 g/mol. The average molecular weight is 542 g/mol. The molecule has 1 aromatic heterocycles. The lowest BCUT2D eigenvalue weighted by atomic mass is 9.85. The Labute approximate surface area is 231 Å². The fourth-order valence-electron chi connectivity index (χ4n) is 4.95. The number of esters is 2. The van der Waals surface area contributed by atoms with E-state index in [1.165, 1.54) is 37.6 Å². The number of benzene rings is 3. The number of fused-ring (bicyclic) bond motifs is 1. The molecule has 1 aliphatic heterocycles. The number of rotatable bonds is 7. The molecule has 1 N–H and O–H groups in total. The van der Waals surface area contributed by atoms with Crippen LogP contribution in [0.3, 0.4) is 0 Å². The molecule has 0 atom stereocenters. The SMILES string of the molecule is COc1cc(OC(=O)c2ccco2)ccc1-c1ccc2c(c1COC(=O)c1cccc(F)c1)C(C)=CC(C)(C)N2. The van der Waals surface area contributed by atoms with Gasteiger partial charge in [-0.1, -0.05) is 18.2 Å². The van der Waals surface area contributed by atoms with Gasteiger partial charge in [0, 0.05) is 28.4 Å². The number of furan rings is 1. The average Bonchev–Trinajstić information content (AvgIpc) is 3.46. The molecule has 0 saturated heterocycles. The van der Waals surface area contributed by atoms with Gasteiger partial charge in [0.25, 0.3) is 0 Å². The van der Waals surface area contributed by atoms with E-state index in [9.17, 15) is 14.0 Å². The molecule has 0 bridgehead atoms. The van der Waals surface area contributed by atoms with Crippen molar-refractivity contribution in [2.24, 2.45) is 0 Å². The molecule has 4 aromatic rings. The summed E-state index contributed by atoms with van der Waals surface area (Å²) in [5, 5.41) is 3.52. The predicted octanol–water partition coefficient (Wildman–Crippen LogP) is 7.28. The quantitative estimate of drug-likeness (QED) is 0.194. The summed E-state index contributed by atoms with van der Waals surface area (Å²) in [6, 6.07) is 17.5. The summed E-state index contributed by atoms with van der Waals surface area (Å²) in [5.74, 6) is -0.978. The van der Waals surface area contributed by atoms with Crippen molar-refractivity contribution in [1.29, 1.82) is 0 Å². The van der Waals surface area contributed by atoms with Crippen LogP contribution in [0, 0.1) is 5.82 Å². The number of carbonyl (C=O) groups excluding carboxylic acids is 2. The van der Waals surface area contributed by atoms with Crippen LogP contribution in [0.25, 0.3) is 16.7 Å². The van der Waals surface area contributed by atoms with E-state index in [-0.39, 0.29) is 29.2 Å². The Morgan fingerprint density at radius 1 is 0.975 bits per heavy atom. The van der Waals surface area contributed by atoms with Crippen molar-refractivity contribution < 1.29 is 32.6 Å². The van der Waals surface area contributed by atoms with Crippen molar-refractivity contribution in [3.63, 3.8) is 0 Å². The number of hydrogen-bond donors (Lipinski definition) is 1. The van der Waals surface area contributed by atoms with Crippen LogP contribution in [-0.2, 0) is 11.3 Å². The molecule has 1 aliphatic rings. The van der Waals surface area contributed by atoms with E-state index in [0.717, 1.165) is 34.0 Å². The lowest BCUT2D eigenvalue weighted by Gasteiger charge is -2.33. The zero-order valence-electron chi connectivity index (χ0n) is 22.5. The Kier molecular flexibility index (Phi) is 7.17. The van der Waals surface area contributed by atoms with Crippen LogP contribution in [0.5, 0.6) is 11.5 Å². The number of ether oxygens (including phenoxy) is 3. The van der Waals surface area contributed by atoms with Crippen LogP contribution < -0.4 is 14.8 Å².